The summed E-state index contributed by atoms with van der Waals surface area (Å²) in [5, 5.41) is 0. The zero-order valence-corrected chi connectivity index (χ0v) is 12.2. The van der Waals surface area contributed by atoms with E-state index in [4.69, 9.17) is 0 Å². The highest BCUT2D eigenvalue weighted by Crippen LogP contribution is 2.64. The molecule has 1 saturated carbocycles. The zero-order chi connectivity index (χ0) is 12.9. The molecule has 0 heterocycles. The minimum atomic E-state index is 0.420. The monoisotopic (exact) mass is 310 g/mol. The number of halogens is 1. The van der Waals surface area contributed by atoms with Crippen molar-refractivity contribution in [1.29, 1.82) is 0 Å². The molecule has 4 rings (SSSR count). The first-order valence-electron chi connectivity index (χ1n) is 6.80. The molecular weight excluding hydrogens is 296 g/mol. The molecule has 0 bridgehead atoms. The first-order valence-corrected chi connectivity index (χ1v) is 7.59. The standard InChI is InChI=1S/C18H15Br/c19-17-8-6-13(7-9-17)14-10-16-12-18(16,11-14)15-4-2-1-3-5-15/h1-10,16H,11-12H2. The average Bonchev–Trinajstić information content (AvgIpc) is 3.03. The first-order chi connectivity index (χ1) is 9.28. The van der Waals surface area contributed by atoms with Gasteiger partial charge in [-0.05, 0) is 47.6 Å². The van der Waals surface area contributed by atoms with Crippen LogP contribution >= 0.6 is 15.9 Å². The van der Waals surface area contributed by atoms with Crippen LogP contribution in [0.2, 0.25) is 0 Å². The smallest absolute Gasteiger partial charge is 0.0175 e. The second-order valence-corrected chi connectivity index (χ2v) is 6.62. The molecule has 0 nitrogen and oxygen atoms in total. The molecule has 19 heavy (non-hydrogen) atoms. The van der Waals surface area contributed by atoms with Crippen molar-refractivity contribution >= 4 is 21.5 Å². The van der Waals surface area contributed by atoms with Gasteiger partial charge in [0.2, 0.25) is 0 Å². The lowest BCUT2D eigenvalue weighted by Gasteiger charge is -2.15. The molecule has 0 amide bonds. The van der Waals surface area contributed by atoms with Crippen molar-refractivity contribution in [3.63, 3.8) is 0 Å². The average molecular weight is 311 g/mol. The molecule has 2 aliphatic rings. The predicted octanol–water partition coefficient (Wildman–Crippen LogP) is 5.19. The maximum absolute atomic E-state index is 3.50. The Labute approximate surface area is 122 Å². The summed E-state index contributed by atoms with van der Waals surface area (Å²) < 4.78 is 1.15. The van der Waals surface area contributed by atoms with E-state index in [0.29, 0.717) is 5.41 Å². The van der Waals surface area contributed by atoms with Gasteiger partial charge in [0, 0.05) is 9.89 Å². The molecule has 0 aliphatic heterocycles. The third kappa shape index (κ3) is 1.80. The molecule has 2 aromatic rings. The Morgan fingerprint density at radius 1 is 0.947 bits per heavy atom. The fourth-order valence-electron chi connectivity index (χ4n) is 3.46. The van der Waals surface area contributed by atoms with E-state index in [-0.39, 0.29) is 0 Å². The number of hydrogen-bond acceptors (Lipinski definition) is 0. The molecule has 1 fully saturated rings. The van der Waals surface area contributed by atoms with Gasteiger partial charge in [0.25, 0.3) is 0 Å². The normalized spacial score (nSPS) is 27.8. The summed E-state index contributed by atoms with van der Waals surface area (Å²) in [4.78, 5) is 0. The van der Waals surface area contributed by atoms with E-state index >= 15 is 0 Å². The SMILES string of the molecule is Brc1ccc(C2=CC3CC3(c3ccccc3)C2)cc1. The number of fused-ring (bicyclic) bond motifs is 1. The molecule has 2 aromatic carbocycles. The lowest BCUT2D eigenvalue weighted by Crippen LogP contribution is -2.06. The summed E-state index contributed by atoms with van der Waals surface area (Å²) in [6, 6.07) is 19.7. The van der Waals surface area contributed by atoms with Crippen LogP contribution in [0.4, 0.5) is 0 Å². The van der Waals surface area contributed by atoms with E-state index in [0.717, 1.165) is 10.4 Å². The van der Waals surface area contributed by atoms with E-state index in [1.807, 2.05) is 0 Å². The van der Waals surface area contributed by atoms with Gasteiger partial charge in [-0.3, -0.25) is 0 Å². The summed E-state index contributed by atoms with van der Waals surface area (Å²) in [5.41, 5.74) is 4.84. The Bertz CT molecular complexity index is 639. The van der Waals surface area contributed by atoms with Crippen LogP contribution in [0.1, 0.15) is 24.0 Å². The highest BCUT2D eigenvalue weighted by molar-refractivity contribution is 9.10. The van der Waals surface area contributed by atoms with Gasteiger partial charge in [-0.25, -0.2) is 0 Å². The minimum Gasteiger partial charge on any atom is -0.0766 e. The van der Waals surface area contributed by atoms with E-state index in [2.05, 4.69) is 76.6 Å². The van der Waals surface area contributed by atoms with Gasteiger partial charge in [0.05, 0.1) is 0 Å². The van der Waals surface area contributed by atoms with E-state index in [9.17, 15) is 0 Å². The van der Waals surface area contributed by atoms with Gasteiger partial charge in [0.15, 0.2) is 0 Å². The summed E-state index contributed by atoms with van der Waals surface area (Å²) in [7, 11) is 0. The number of hydrogen-bond donors (Lipinski definition) is 0. The molecule has 94 valence electrons. The van der Waals surface area contributed by atoms with Gasteiger partial charge in [-0.2, -0.15) is 0 Å². The van der Waals surface area contributed by atoms with Gasteiger partial charge >= 0.3 is 0 Å². The quantitative estimate of drug-likeness (QED) is 0.715. The van der Waals surface area contributed by atoms with Crippen molar-refractivity contribution in [1.82, 2.24) is 0 Å². The molecule has 2 unspecified atom stereocenters. The molecule has 0 radical (unpaired) electrons. The van der Waals surface area contributed by atoms with Crippen LogP contribution < -0.4 is 0 Å². The summed E-state index contributed by atoms with van der Waals surface area (Å²) in [5.74, 6) is 0.758. The van der Waals surface area contributed by atoms with Crippen LogP contribution in [0.5, 0.6) is 0 Å². The Morgan fingerprint density at radius 3 is 2.42 bits per heavy atom. The summed E-state index contributed by atoms with van der Waals surface area (Å²) >= 11 is 3.50. The van der Waals surface area contributed by atoms with Crippen molar-refractivity contribution in [3.05, 3.63) is 76.3 Å². The van der Waals surface area contributed by atoms with Crippen LogP contribution in [-0.4, -0.2) is 0 Å². The van der Waals surface area contributed by atoms with Crippen LogP contribution in [0.25, 0.3) is 5.57 Å². The van der Waals surface area contributed by atoms with Gasteiger partial charge in [-0.1, -0.05) is 64.5 Å². The minimum absolute atomic E-state index is 0.420. The van der Waals surface area contributed by atoms with Crippen molar-refractivity contribution in [2.45, 2.75) is 18.3 Å². The summed E-state index contributed by atoms with van der Waals surface area (Å²) in [6.07, 6.45) is 5.02. The van der Waals surface area contributed by atoms with Crippen LogP contribution in [0.15, 0.2) is 65.1 Å². The van der Waals surface area contributed by atoms with Gasteiger partial charge in [0.1, 0.15) is 0 Å². The number of allylic oxidation sites excluding steroid dienone is 2. The van der Waals surface area contributed by atoms with Crippen LogP contribution in [0, 0.1) is 5.92 Å². The lowest BCUT2D eigenvalue weighted by atomic mass is 9.89. The van der Waals surface area contributed by atoms with Crippen molar-refractivity contribution in [2.75, 3.05) is 0 Å². The highest BCUT2D eigenvalue weighted by atomic mass is 79.9. The predicted molar refractivity (Wildman–Crippen MR) is 83.0 cm³/mol. The van der Waals surface area contributed by atoms with E-state index in [1.54, 1.807) is 0 Å². The second-order valence-electron chi connectivity index (χ2n) is 5.71. The largest absolute Gasteiger partial charge is 0.0766 e. The fraction of sp³-hybridized carbons (Fsp3) is 0.222. The molecule has 2 atom stereocenters. The molecule has 0 spiro atoms. The maximum atomic E-state index is 3.50. The van der Waals surface area contributed by atoms with Crippen molar-refractivity contribution in [3.8, 4) is 0 Å². The third-order valence-electron chi connectivity index (χ3n) is 4.61. The van der Waals surface area contributed by atoms with E-state index < -0.39 is 0 Å². The number of rotatable bonds is 2. The Hall–Kier alpha value is -1.34. The van der Waals surface area contributed by atoms with Gasteiger partial charge < -0.3 is 0 Å². The highest BCUT2D eigenvalue weighted by Gasteiger charge is 2.57. The third-order valence-corrected chi connectivity index (χ3v) is 5.13. The zero-order valence-electron chi connectivity index (χ0n) is 10.6. The fourth-order valence-corrected chi connectivity index (χ4v) is 3.73. The Kier molecular flexibility index (Phi) is 2.46. The van der Waals surface area contributed by atoms with Gasteiger partial charge in [-0.15, -0.1) is 0 Å². The second kappa shape index (κ2) is 4.08. The number of benzene rings is 2. The van der Waals surface area contributed by atoms with Crippen molar-refractivity contribution in [2.24, 2.45) is 5.92 Å². The summed E-state index contributed by atoms with van der Waals surface area (Å²) in [6.45, 7) is 0. The Balaban J connectivity index is 1.64. The first kappa shape index (κ1) is 11.5. The molecule has 0 aromatic heterocycles. The molecule has 0 N–H and O–H groups in total. The Morgan fingerprint density at radius 2 is 1.68 bits per heavy atom. The molecule has 0 saturated heterocycles. The molecule has 2 aliphatic carbocycles. The molecule has 1 heteroatoms. The molecular formula is C18H15Br. The van der Waals surface area contributed by atoms with Crippen LogP contribution in [-0.2, 0) is 5.41 Å². The maximum Gasteiger partial charge on any atom is 0.0175 e. The van der Waals surface area contributed by atoms with E-state index in [1.165, 1.54) is 29.5 Å². The van der Waals surface area contributed by atoms with Crippen LogP contribution in [0.3, 0.4) is 0 Å². The van der Waals surface area contributed by atoms with Crippen molar-refractivity contribution < 1.29 is 0 Å². The topological polar surface area (TPSA) is 0 Å². The lowest BCUT2D eigenvalue weighted by molar-refractivity contribution is 0.703.